The first-order valence-corrected chi connectivity index (χ1v) is 5.89. The van der Waals surface area contributed by atoms with E-state index in [0.717, 1.165) is 5.56 Å². The summed E-state index contributed by atoms with van der Waals surface area (Å²) >= 11 is 0. The SMILES string of the molecule is Nc1ccccc1C1CC(=O)c2ccccc2O1. The number of carbonyl (C=O) groups excluding carboxylic acids is 1. The third kappa shape index (κ3) is 1.74. The van der Waals surface area contributed by atoms with Crippen molar-refractivity contribution in [2.24, 2.45) is 0 Å². The molecule has 90 valence electrons. The fourth-order valence-electron chi connectivity index (χ4n) is 2.25. The van der Waals surface area contributed by atoms with E-state index in [1.54, 1.807) is 6.07 Å². The zero-order chi connectivity index (χ0) is 12.5. The summed E-state index contributed by atoms with van der Waals surface area (Å²) in [7, 11) is 0. The summed E-state index contributed by atoms with van der Waals surface area (Å²) in [5.74, 6) is 0.743. The molecule has 0 amide bonds. The number of carbonyl (C=O) groups is 1. The molecule has 18 heavy (non-hydrogen) atoms. The van der Waals surface area contributed by atoms with Crippen LogP contribution in [-0.2, 0) is 0 Å². The lowest BCUT2D eigenvalue weighted by Crippen LogP contribution is -2.21. The van der Waals surface area contributed by atoms with Crippen LogP contribution in [0.3, 0.4) is 0 Å². The number of nitrogen functional groups attached to an aromatic ring is 1. The van der Waals surface area contributed by atoms with Crippen molar-refractivity contribution in [1.82, 2.24) is 0 Å². The van der Waals surface area contributed by atoms with Crippen molar-refractivity contribution in [3.05, 3.63) is 59.7 Å². The number of ketones is 1. The van der Waals surface area contributed by atoms with E-state index in [4.69, 9.17) is 10.5 Å². The quantitative estimate of drug-likeness (QED) is 0.778. The van der Waals surface area contributed by atoms with Crippen molar-refractivity contribution in [1.29, 1.82) is 0 Å². The lowest BCUT2D eigenvalue weighted by molar-refractivity contribution is 0.0851. The third-order valence-corrected chi connectivity index (χ3v) is 3.17. The van der Waals surface area contributed by atoms with Crippen molar-refractivity contribution in [2.45, 2.75) is 12.5 Å². The van der Waals surface area contributed by atoms with Crippen molar-refractivity contribution < 1.29 is 9.53 Å². The van der Waals surface area contributed by atoms with Crippen LogP contribution in [0.4, 0.5) is 5.69 Å². The van der Waals surface area contributed by atoms with Gasteiger partial charge < -0.3 is 10.5 Å². The molecule has 1 atom stereocenters. The number of rotatable bonds is 1. The third-order valence-electron chi connectivity index (χ3n) is 3.17. The molecule has 3 heteroatoms. The molecule has 2 aromatic carbocycles. The minimum Gasteiger partial charge on any atom is -0.484 e. The van der Waals surface area contributed by atoms with Gasteiger partial charge in [-0.1, -0.05) is 30.3 Å². The second-order valence-corrected chi connectivity index (χ2v) is 4.36. The van der Waals surface area contributed by atoms with Crippen LogP contribution in [0.15, 0.2) is 48.5 Å². The highest BCUT2D eigenvalue weighted by Gasteiger charge is 2.28. The largest absolute Gasteiger partial charge is 0.484 e. The molecule has 0 saturated heterocycles. The summed E-state index contributed by atoms with van der Waals surface area (Å²) in [4.78, 5) is 12.1. The minimum absolute atomic E-state index is 0.102. The number of anilines is 1. The summed E-state index contributed by atoms with van der Waals surface area (Å²) < 4.78 is 5.87. The van der Waals surface area contributed by atoms with E-state index in [-0.39, 0.29) is 11.9 Å². The number of Topliss-reactive ketones (excluding diaryl/α,β-unsaturated/α-hetero) is 1. The first-order valence-electron chi connectivity index (χ1n) is 5.89. The fraction of sp³-hybridized carbons (Fsp3) is 0.133. The summed E-state index contributed by atoms with van der Waals surface area (Å²) in [5.41, 5.74) is 8.12. The topological polar surface area (TPSA) is 52.3 Å². The van der Waals surface area contributed by atoms with E-state index < -0.39 is 0 Å². The van der Waals surface area contributed by atoms with Gasteiger partial charge >= 0.3 is 0 Å². The highest BCUT2D eigenvalue weighted by molar-refractivity contribution is 6.00. The minimum atomic E-state index is -0.284. The maximum absolute atomic E-state index is 12.1. The summed E-state index contributed by atoms with van der Waals surface area (Å²) in [5, 5.41) is 0. The average molecular weight is 239 g/mol. The number of benzene rings is 2. The van der Waals surface area contributed by atoms with Gasteiger partial charge in [0.05, 0.1) is 12.0 Å². The van der Waals surface area contributed by atoms with Gasteiger partial charge in [-0.05, 0) is 18.2 Å². The predicted molar refractivity (Wildman–Crippen MR) is 69.6 cm³/mol. The fourth-order valence-corrected chi connectivity index (χ4v) is 2.25. The van der Waals surface area contributed by atoms with Gasteiger partial charge in [0.25, 0.3) is 0 Å². The molecule has 1 heterocycles. The van der Waals surface area contributed by atoms with Crippen molar-refractivity contribution >= 4 is 11.5 Å². The van der Waals surface area contributed by atoms with Crippen LogP contribution in [-0.4, -0.2) is 5.78 Å². The molecule has 0 saturated carbocycles. The number of hydrogen-bond acceptors (Lipinski definition) is 3. The van der Waals surface area contributed by atoms with Gasteiger partial charge in [0, 0.05) is 11.3 Å². The van der Waals surface area contributed by atoms with E-state index >= 15 is 0 Å². The number of nitrogens with two attached hydrogens (primary N) is 1. The Morgan fingerprint density at radius 3 is 2.61 bits per heavy atom. The van der Waals surface area contributed by atoms with Gasteiger partial charge in [0.1, 0.15) is 11.9 Å². The number of para-hydroxylation sites is 2. The van der Waals surface area contributed by atoms with E-state index in [1.165, 1.54) is 0 Å². The molecule has 0 aromatic heterocycles. The molecule has 1 aliphatic heterocycles. The Bertz CT molecular complexity index is 607. The van der Waals surface area contributed by atoms with Gasteiger partial charge in [-0.3, -0.25) is 4.79 Å². The first-order chi connectivity index (χ1) is 8.75. The molecular weight excluding hydrogens is 226 g/mol. The highest BCUT2D eigenvalue weighted by Crippen LogP contribution is 2.36. The molecule has 2 aromatic rings. The first kappa shape index (κ1) is 10.8. The maximum atomic E-state index is 12.1. The predicted octanol–water partition coefficient (Wildman–Crippen LogP) is 2.98. The van der Waals surface area contributed by atoms with Gasteiger partial charge in [0.15, 0.2) is 5.78 Å². The maximum Gasteiger partial charge on any atom is 0.170 e. The van der Waals surface area contributed by atoms with Crippen LogP contribution in [0, 0.1) is 0 Å². The standard InChI is InChI=1S/C15H13NO2/c16-12-7-3-1-5-10(12)15-9-13(17)11-6-2-4-8-14(11)18-15/h1-8,15H,9,16H2. The summed E-state index contributed by atoms with van der Waals surface area (Å²) in [6.45, 7) is 0. The van der Waals surface area contributed by atoms with Gasteiger partial charge in [0.2, 0.25) is 0 Å². The highest BCUT2D eigenvalue weighted by atomic mass is 16.5. The van der Waals surface area contributed by atoms with Crippen LogP contribution in [0.1, 0.15) is 28.4 Å². The Morgan fingerprint density at radius 1 is 1.06 bits per heavy atom. The van der Waals surface area contributed by atoms with Gasteiger partial charge in [-0.2, -0.15) is 0 Å². The molecule has 1 aliphatic rings. The Kier molecular flexibility index (Phi) is 2.52. The monoisotopic (exact) mass is 239 g/mol. The van der Waals surface area contributed by atoms with Crippen molar-refractivity contribution in [3.63, 3.8) is 0 Å². The molecule has 0 bridgehead atoms. The Balaban J connectivity index is 2.00. The molecule has 0 spiro atoms. The van der Waals surface area contributed by atoms with E-state index in [2.05, 4.69) is 0 Å². The normalized spacial score (nSPS) is 18.0. The van der Waals surface area contributed by atoms with Crippen LogP contribution >= 0.6 is 0 Å². The number of hydrogen-bond donors (Lipinski definition) is 1. The van der Waals surface area contributed by atoms with Crippen LogP contribution in [0.2, 0.25) is 0 Å². The zero-order valence-corrected chi connectivity index (χ0v) is 9.80. The molecule has 0 radical (unpaired) electrons. The van der Waals surface area contributed by atoms with Crippen LogP contribution < -0.4 is 10.5 Å². The van der Waals surface area contributed by atoms with Gasteiger partial charge in [-0.15, -0.1) is 0 Å². The molecular formula is C15H13NO2. The van der Waals surface area contributed by atoms with Crippen LogP contribution in [0.25, 0.3) is 0 Å². The molecule has 2 N–H and O–H groups in total. The molecule has 0 aliphatic carbocycles. The average Bonchev–Trinajstić information content (AvgIpc) is 2.39. The lowest BCUT2D eigenvalue weighted by Gasteiger charge is -2.26. The second kappa shape index (κ2) is 4.18. The second-order valence-electron chi connectivity index (χ2n) is 4.36. The van der Waals surface area contributed by atoms with Crippen molar-refractivity contribution in [2.75, 3.05) is 5.73 Å². The van der Waals surface area contributed by atoms with E-state index in [0.29, 0.717) is 23.4 Å². The molecule has 1 unspecified atom stereocenters. The molecule has 3 nitrogen and oxygen atoms in total. The summed E-state index contributed by atoms with van der Waals surface area (Å²) in [6, 6.07) is 14.8. The molecule has 0 fully saturated rings. The number of fused-ring (bicyclic) bond motifs is 1. The Hall–Kier alpha value is -2.29. The van der Waals surface area contributed by atoms with Gasteiger partial charge in [-0.25, -0.2) is 0 Å². The van der Waals surface area contributed by atoms with Crippen molar-refractivity contribution in [3.8, 4) is 5.75 Å². The summed E-state index contributed by atoms with van der Waals surface area (Å²) in [6.07, 6.45) is 0.0548. The van der Waals surface area contributed by atoms with Crippen LogP contribution in [0.5, 0.6) is 5.75 Å². The van der Waals surface area contributed by atoms with E-state index in [1.807, 2.05) is 42.5 Å². The smallest absolute Gasteiger partial charge is 0.170 e. The number of ether oxygens (including phenoxy) is 1. The Morgan fingerprint density at radius 2 is 1.78 bits per heavy atom. The lowest BCUT2D eigenvalue weighted by atomic mass is 9.95. The zero-order valence-electron chi connectivity index (χ0n) is 9.80. The molecule has 3 rings (SSSR count). The van der Waals surface area contributed by atoms with E-state index in [9.17, 15) is 4.79 Å². The Labute approximate surface area is 105 Å².